The van der Waals surface area contributed by atoms with Crippen LogP contribution in [0.2, 0.25) is 0 Å². The molecule has 14 heavy (non-hydrogen) atoms. The number of carbonyl (C=O) groups excluding carboxylic acids is 1. The highest BCUT2D eigenvalue weighted by molar-refractivity contribution is 5.93. The van der Waals surface area contributed by atoms with E-state index in [9.17, 15) is 9.90 Å². The van der Waals surface area contributed by atoms with Crippen molar-refractivity contribution in [3.05, 3.63) is 23.3 Å². The number of aryl methyl sites for hydroxylation is 1. The molecule has 0 saturated heterocycles. The molecule has 0 bridgehead atoms. The Labute approximate surface area is 82.3 Å². The topological polar surface area (TPSA) is 72.5 Å². The van der Waals surface area contributed by atoms with Crippen molar-refractivity contribution < 1.29 is 14.6 Å². The summed E-state index contributed by atoms with van der Waals surface area (Å²) in [4.78, 5) is 11.3. The molecule has 4 nitrogen and oxygen atoms in total. The van der Waals surface area contributed by atoms with E-state index in [4.69, 9.17) is 10.5 Å². The van der Waals surface area contributed by atoms with Gasteiger partial charge in [-0.05, 0) is 31.5 Å². The Morgan fingerprint density at radius 1 is 1.57 bits per heavy atom. The standard InChI is InChI=1S/C10H13NO3/c1-3-14-10(13)7-5-8(11)6(2)4-9(7)12/h4-5,12H,3,11H2,1-2H3. The normalized spacial score (nSPS) is 9.86. The number of rotatable bonds is 2. The minimum atomic E-state index is -0.559. The zero-order valence-corrected chi connectivity index (χ0v) is 8.20. The van der Waals surface area contributed by atoms with Crippen LogP contribution >= 0.6 is 0 Å². The largest absolute Gasteiger partial charge is 0.507 e. The van der Waals surface area contributed by atoms with E-state index in [1.54, 1.807) is 13.8 Å². The number of benzene rings is 1. The lowest BCUT2D eigenvalue weighted by molar-refractivity contribution is 0.0523. The van der Waals surface area contributed by atoms with Gasteiger partial charge in [-0.3, -0.25) is 0 Å². The van der Waals surface area contributed by atoms with Crippen molar-refractivity contribution in [3.63, 3.8) is 0 Å². The number of esters is 1. The van der Waals surface area contributed by atoms with Crippen molar-refractivity contribution in [1.29, 1.82) is 0 Å². The summed E-state index contributed by atoms with van der Waals surface area (Å²) in [7, 11) is 0. The first-order valence-corrected chi connectivity index (χ1v) is 4.32. The summed E-state index contributed by atoms with van der Waals surface area (Å²) in [6.07, 6.45) is 0. The Morgan fingerprint density at radius 2 is 2.21 bits per heavy atom. The molecule has 0 aromatic heterocycles. The summed E-state index contributed by atoms with van der Waals surface area (Å²) >= 11 is 0. The molecule has 4 heteroatoms. The van der Waals surface area contributed by atoms with E-state index in [1.165, 1.54) is 12.1 Å². The Hall–Kier alpha value is -1.71. The molecule has 0 saturated carbocycles. The summed E-state index contributed by atoms with van der Waals surface area (Å²) in [5.41, 5.74) is 6.91. The smallest absolute Gasteiger partial charge is 0.341 e. The van der Waals surface area contributed by atoms with Crippen molar-refractivity contribution in [2.24, 2.45) is 0 Å². The highest BCUT2D eigenvalue weighted by Crippen LogP contribution is 2.24. The number of phenolic OH excluding ortho intramolecular Hbond substituents is 1. The lowest BCUT2D eigenvalue weighted by Crippen LogP contribution is -2.06. The fourth-order valence-electron chi connectivity index (χ4n) is 1.08. The van der Waals surface area contributed by atoms with E-state index in [0.717, 1.165) is 5.56 Å². The van der Waals surface area contributed by atoms with Crippen molar-refractivity contribution in [2.45, 2.75) is 13.8 Å². The SMILES string of the molecule is CCOC(=O)c1cc(N)c(C)cc1O. The summed E-state index contributed by atoms with van der Waals surface area (Å²) in [6.45, 7) is 3.72. The van der Waals surface area contributed by atoms with E-state index in [1.807, 2.05) is 0 Å². The molecular weight excluding hydrogens is 182 g/mol. The number of phenols is 1. The number of nitrogens with two attached hydrogens (primary N) is 1. The number of hydrogen-bond acceptors (Lipinski definition) is 4. The number of anilines is 1. The van der Waals surface area contributed by atoms with Gasteiger partial charge in [-0.15, -0.1) is 0 Å². The van der Waals surface area contributed by atoms with Crippen LogP contribution in [0.5, 0.6) is 5.75 Å². The van der Waals surface area contributed by atoms with Gasteiger partial charge in [0.1, 0.15) is 11.3 Å². The van der Waals surface area contributed by atoms with Gasteiger partial charge in [0, 0.05) is 5.69 Å². The second kappa shape index (κ2) is 4.00. The van der Waals surface area contributed by atoms with E-state index < -0.39 is 5.97 Å². The van der Waals surface area contributed by atoms with Crippen molar-refractivity contribution >= 4 is 11.7 Å². The molecule has 0 fully saturated rings. The van der Waals surface area contributed by atoms with Crippen molar-refractivity contribution in [3.8, 4) is 5.75 Å². The van der Waals surface area contributed by atoms with Crippen molar-refractivity contribution in [2.75, 3.05) is 12.3 Å². The molecule has 3 N–H and O–H groups in total. The molecule has 1 rings (SSSR count). The van der Waals surface area contributed by atoms with Gasteiger partial charge in [0.2, 0.25) is 0 Å². The molecule has 0 amide bonds. The molecule has 1 aromatic rings. The number of ether oxygens (including phenoxy) is 1. The molecule has 0 radical (unpaired) electrons. The lowest BCUT2D eigenvalue weighted by Gasteiger charge is -2.07. The van der Waals surface area contributed by atoms with Gasteiger partial charge >= 0.3 is 5.97 Å². The molecule has 0 unspecified atom stereocenters. The van der Waals surface area contributed by atoms with Gasteiger partial charge in [-0.2, -0.15) is 0 Å². The van der Waals surface area contributed by atoms with Crippen LogP contribution in [0.3, 0.4) is 0 Å². The first-order valence-electron chi connectivity index (χ1n) is 4.32. The summed E-state index contributed by atoms with van der Waals surface area (Å²) in [5, 5.41) is 9.46. The third-order valence-corrected chi connectivity index (χ3v) is 1.88. The van der Waals surface area contributed by atoms with Crippen molar-refractivity contribution in [1.82, 2.24) is 0 Å². The third-order valence-electron chi connectivity index (χ3n) is 1.88. The van der Waals surface area contributed by atoms with Crippen LogP contribution in [0.1, 0.15) is 22.8 Å². The maximum atomic E-state index is 11.3. The predicted octanol–water partition coefficient (Wildman–Crippen LogP) is 1.46. The quantitative estimate of drug-likeness (QED) is 0.425. The summed E-state index contributed by atoms with van der Waals surface area (Å²) < 4.78 is 4.75. The third kappa shape index (κ3) is 1.96. The van der Waals surface area contributed by atoms with Gasteiger partial charge in [0.05, 0.1) is 6.61 Å². The van der Waals surface area contributed by atoms with Crippen LogP contribution in [0.25, 0.3) is 0 Å². The van der Waals surface area contributed by atoms with Gasteiger partial charge in [-0.25, -0.2) is 4.79 Å². The fraction of sp³-hybridized carbons (Fsp3) is 0.300. The minimum Gasteiger partial charge on any atom is -0.507 e. The van der Waals surface area contributed by atoms with Crippen LogP contribution in [0.4, 0.5) is 5.69 Å². The number of hydrogen-bond donors (Lipinski definition) is 2. The van der Waals surface area contributed by atoms with E-state index in [2.05, 4.69) is 0 Å². The number of aromatic hydroxyl groups is 1. The predicted molar refractivity (Wildman–Crippen MR) is 53.2 cm³/mol. The van der Waals surface area contributed by atoms with Crippen LogP contribution in [-0.4, -0.2) is 17.7 Å². The first-order chi connectivity index (χ1) is 6.56. The maximum absolute atomic E-state index is 11.3. The molecule has 0 aliphatic carbocycles. The van der Waals surface area contributed by atoms with Gasteiger partial charge in [0.25, 0.3) is 0 Å². The molecule has 76 valence electrons. The van der Waals surface area contributed by atoms with E-state index in [0.29, 0.717) is 5.69 Å². The molecule has 0 atom stereocenters. The molecule has 0 aliphatic heterocycles. The monoisotopic (exact) mass is 195 g/mol. The van der Waals surface area contributed by atoms with Gasteiger partial charge in [0.15, 0.2) is 0 Å². The fourth-order valence-corrected chi connectivity index (χ4v) is 1.08. The van der Waals surface area contributed by atoms with E-state index >= 15 is 0 Å². The second-order valence-electron chi connectivity index (χ2n) is 2.95. The number of carbonyl (C=O) groups is 1. The minimum absolute atomic E-state index is 0.102. The Balaban J connectivity index is 3.09. The number of nitrogen functional groups attached to an aromatic ring is 1. The van der Waals surface area contributed by atoms with Gasteiger partial charge in [-0.1, -0.05) is 0 Å². The van der Waals surface area contributed by atoms with E-state index in [-0.39, 0.29) is 17.9 Å². The summed E-state index contributed by atoms with van der Waals surface area (Å²) in [6, 6.07) is 2.87. The Kier molecular flexibility index (Phi) is 2.96. The molecule has 0 spiro atoms. The zero-order chi connectivity index (χ0) is 10.7. The Morgan fingerprint density at radius 3 is 2.79 bits per heavy atom. The average molecular weight is 195 g/mol. The molecular formula is C10H13NO3. The highest BCUT2D eigenvalue weighted by atomic mass is 16.5. The molecule has 0 heterocycles. The zero-order valence-electron chi connectivity index (χ0n) is 8.20. The van der Waals surface area contributed by atoms with Crippen LogP contribution in [-0.2, 0) is 4.74 Å². The Bertz CT molecular complexity index is 361. The highest BCUT2D eigenvalue weighted by Gasteiger charge is 2.13. The van der Waals surface area contributed by atoms with Gasteiger partial charge < -0.3 is 15.6 Å². The summed E-state index contributed by atoms with van der Waals surface area (Å²) in [5.74, 6) is -0.660. The maximum Gasteiger partial charge on any atom is 0.341 e. The van der Waals surface area contributed by atoms with Crippen LogP contribution in [0, 0.1) is 6.92 Å². The van der Waals surface area contributed by atoms with Crippen LogP contribution < -0.4 is 5.73 Å². The second-order valence-corrected chi connectivity index (χ2v) is 2.95. The average Bonchev–Trinajstić information content (AvgIpc) is 2.11. The van der Waals surface area contributed by atoms with Crippen LogP contribution in [0.15, 0.2) is 12.1 Å². The molecule has 0 aliphatic rings. The lowest BCUT2D eigenvalue weighted by atomic mass is 10.1. The molecule has 1 aromatic carbocycles. The first kappa shape index (κ1) is 10.4.